The molecule has 3 aromatic rings. The predicted molar refractivity (Wildman–Crippen MR) is 118 cm³/mol. The number of nitrogens with one attached hydrogen (secondary N) is 1. The summed E-state index contributed by atoms with van der Waals surface area (Å²) in [5.74, 6) is 0.361. The Kier molecular flexibility index (Phi) is 5.56. The second-order valence-corrected chi connectivity index (χ2v) is 8.98. The van der Waals surface area contributed by atoms with Gasteiger partial charge < -0.3 is 14.8 Å². The fourth-order valence-electron chi connectivity index (χ4n) is 3.42. The van der Waals surface area contributed by atoms with Crippen LogP contribution in [-0.2, 0) is 14.8 Å². The first-order chi connectivity index (χ1) is 14.9. The minimum atomic E-state index is -3.89. The lowest BCUT2D eigenvalue weighted by Crippen LogP contribution is -2.48. The van der Waals surface area contributed by atoms with Crippen molar-refractivity contribution in [1.29, 1.82) is 0 Å². The fourth-order valence-corrected chi connectivity index (χ4v) is 4.92. The van der Waals surface area contributed by atoms with Crippen molar-refractivity contribution in [3.05, 3.63) is 78.4 Å². The number of sulfonamides is 1. The summed E-state index contributed by atoms with van der Waals surface area (Å²) in [6.45, 7) is 1.74. The molecular formula is C23H22N2O5S. The highest BCUT2D eigenvalue weighted by Crippen LogP contribution is 2.37. The number of methoxy groups -OCH3 is 1. The number of ether oxygens (including phenoxy) is 2. The molecule has 7 nitrogen and oxygen atoms in total. The summed E-state index contributed by atoms with van der Waals surface area (Å²) >= 11 is 0. The molecule has 0 fully saturated rings. The summed E-state index contributed by atoms with van der Waals surface area (Å²) in [5, 5.41) is 2.80. The van der Waals surface area contributed by atoms with Gasteiger partial charge in [-0.3, -0.25) is 9.10 Å². The Labute approximate surface area is 181 Å². The van der Waals surface area contributed by atoms with Gasteiger partial charge in [-0.2, -0.15) is 0 Å². The smallest absolute Gasteiger partial charge is 0.267 e. The van der Waals surface area contributed by atoms with E-state index in [0.29, 0.717) is 22.9 Å². The van der Waals surface area contributed by atoms with E-state index in [4.69, 9.17) is 9.47 Å². The Morgan fingerprint density at radius 1 is 1.06 bits per heavy atom. The van der Waals surface area contributed by atoms with Gasteiger partial charge in [-0.25, -0.2) is 8.42 Å². The number of nitrogens with zero attached hydrogens (tertiary/aromatic N) is 1. The minimum absolute atomic E-state index is 0.145. The number of amides is 1. The second kappa shape index (κ2) is 8.31. The van der Waals surface area contributed by atoms with Crippen LogP contribution in [0.2, 0.25) is 0 Å². The van der Waals surface area contributed by atoms with E-state index in [1.54, 1.807) is 54.6 Å². The molecule has 0 saturated heterocycles. The summed E-state index contributed by atoms with van der Waals surface area (Å²) in [6, 6.07) is 20.3. The lowest BCUT2D eigenvalue weighted by molar-refractivity contribution is -0.122. The average molecular weight is 439 g/mol. The Balaban J connectivity index is 1.67. The van der Waals surface area contributed by atoms with E-state index < -0.39 is 22.0 Å². The van der Waals surface area contributed by atoms with Crippen LogP contribution in [0.3, 0.4) is 0 Å². The molecule has 0 saturated carbocycles. The van der Waals surface area contributed by atoms with Gasteiger partial charge in [0.05, 0.1) is 29.9 Å². The molecule has 1 aliphatic rings. The van der Waals surface area contributed by atoms with E-state index in [1.165, 1.54) is 23.5 Å². The summed E-state index contributed by atoms with van der Waals surface area (Å²) in [4.78, 5) is 13.2. The Morgan fingerprint density at radius 2 is 1.77 bits per heavy atom. The number of fused-ring (bicyclic) bond motifs is 1. The molecule has 1 amide bonds. The van der Waals surface area contributed by atoms with Crippen LogP contribution in [0.25, 0.3) is 0 Å². The topological polar surface area (TPSA) is 84.9 Å². The molecule has 4 rings (SSSR count). The second-order valence-electron chi connectivity index (χ2n) is 7.12. The van der Waals surface area contributed by atoms with Gasteiger partial charge in [0.2, 0.25) is 0 Å². The molecule has 31 heavy (non-hydrogen) atoms. The number of carbonyl (C=O) groups excluding carboxylic acids is 1. The van der Waals surface area contributed by atoms with Gasteiger partial charge in [0.1, 0.15) is 11.5 Å². The highest BCUT2D eigenvalue weighted by molar-refractivity contribution is 7.92. The molecule has 1 unspecified atom stereocenters. The summed E-state index contributed by atoms with van der Waals surface area (Å²) < 4.78 is 39.1. The van der Waals surface area contributed by atoms with E-state index in [1.807, 2.05) is 13.0 Å². The van der Waals surface area contributed by atoms with Crippen LogP contribution >= 0.6 is 0 Å². The fraction of sp³-hybridized carbons (Fsp3) is 0.174. The third kappa shape index (κ3) is 4.06. The number of para-hydroxylation sites is 2. The Morgan fingerprint density at radius 3 is 2.52 bits per heavy atom. The minimum Gasteiger partial charge on any atom is -0.495 e. The predicted octanol–water partition coefficient (Wildman–Crippen LogP) is 3.60. The van der Waals surface area contributed by atoms with Crippen molar-refractivity contribution in [2.45, 2.75) is 17.9 Å². The molecular weight excluding hydrogens is 416 g/mol. The van der Waals surface area contributed by atoms with Crippen molar-refractivity contribution in [2.75, 3.05) is 23.3 Å². The van der Waals surface area contributed by atoms with Crippen LogP contribution in [0, 0.1) is 6.92 Å². The Hall–Kier alpha value is -3.52. The van der Waals surface area contributed by atoms with Gasteiger partial charge in [-0.15, -0.1) is 0 Å². The van der Waals surface area contributed by atoms with E-state index >= 15 is 0 Å². The van der Waals surface area contributed by atoms with Crippen LogP contribution in [-0.4, -0.2) is 34.1 Å². The van der Waals surface area contributed by atoms with Crippen LogP contribution in [0.5, 0.6) is 11.5 Å². The number of carbonyl (C=O) groups is 1. The third-order valence-corrected chi connectivity index (χ3v) is 6.77. The molecule has 1 atom stereocenters. The number of hydrogen-bond acceptors (Lipinski definition) is 5. The first-order valence-electron chi connectivity index (χ1n) is 9.69. The summed E-state index contributed by atoms with van der Waals surface area (Å²) in [5.41, 5.74) is 1.83. The van der Waals surface area contributed by atoms with E-state index in [-0.39, 0.29) is 11.4 Å². The summed E-state index contributed by atoms with van der Waals surface area (Å²) in [7, 11) is -2.37. The highest BCUT2D eigenvalue weighted by atomic mass is 32.2. The lowest BCUT2D eigenvalue weighted by atomic mass is 10.2. The normalized spacial score (nSPS) is 15.5. The quantitative estimate of drug-likeness (QED) is 0.658. The van der Waals surface area contributed by atoms with Gasteiger partial charge in [-0.1, -0.05) is 36.4 Å². The zero-order chi connectivity index (χ0) is 22.0. The van der Waals surface area contributed by atoms with E-state index in [9.17, 15) is 13.2 Å². The van der Waals surface area contributed by atoms with Crippen molar-refractivity contribution in [3.63, 3.8) is 0 Å². The van der Waals surface area contributed by atoms with Gasteiger partial charge in [-0.05, 0) is 48.9 Å². The summed E-state index contributed by atoms with van der Waals surface area (Å²) in [6.07, 6.45) is -1.04. The zero-order valence-electron chi connectivity index (χ0n) is 17.1. The number of rotatable bonds is 5. The number of aryl methyl sites for hydroxylation is 1. The zero-order valence-corrected chi connectivity index (χ0v) is 17.9. The van der Waals surface area contributed by atoms with Crippen LogP contribution in [0.15, 0.2) is 77.7 Å². The number of anilines is 2. The highest BCUT2D eigenvalue weighted by Gasteiger charge is 2.37. The van der Waals surface area contributed by atoms with Gasteiger partial charge >= 0.3 is 0 Å². The van der Waals surface area contributed by atoms with E-state index in [0.717, 1.165) is 5.56 Å². The number of hydrogen-bond donors (Lipinski definition) is 1. The maximum absolute atomic E-state index is 13.3. The molecule has 0 spiro atoms. The van der Waals surface area contributed by atoms with Crippen LogP contribution < -0.4 is 19.1 Å². The lowest BCUT2D eigenvalue weighted by Gasteiger charge is -2.34. The molecule has 3 aromatic carbocycles. The average Bonchev–Trinajstić information content (AvgIpc) is 2.79. The maximum Gasteiger partial charge on any atom is 0.267 e. The van der Waals surface area contributed by atoms with Crippen LogP contribution in [0.4, 0.5) is 11.4 Å². The van der Waals surface area contributed by atoms with Crippen molar-refractivity contribution >= 4 is 27.3 Å². The maximum atomic E-state index is 13.3. The molecule has 0 aliphatic carbocycles. The van der Waals surface area contributed by atoms with Gasteiger partial charge in [0.15, 0.2) is 6.10 Å². The van der Waals surface area contributed by atoms with Gasteiger partial charge in [0.25, 0.3) is 15.9 Å². The molecule has 1 heterocycles. The number of benzene rings is 3. The third-order valence-electron chi connectivity index (χ3n) is 4.97. The van der Waals surface area contributed by atoms with Crippen molar-refractivity contribution < 1.29 is 22.7 Å². The van der Waals surface area contributed by atoms with Gasteiger partial charge in [0, 0.05) is 0 Å². The Bertz CT molecular complexity index is 1210. The largest absolute Gasteiger partial charge is 0.495 e. The van der Waals surface area contributed by atoms with Crippen molar-refractivity contribution in [3.8, 4) is 11.5 Å². The van der Waals surface area contributed by atoms with Crippen molar-refractivity contribution in [2.24, 2.45) is 0 Å². The SMILES string of the molecule is COc1ccc(C)cc1NC(=O)C1CN(S(=O)(=O)c2ccccc2)c2ccccc2O1. The van der Waals surface area contributed by atoms with E-state index in [2.05, 4.69) is 5.32 Å². The molecule has 8 heteroatoms. The monoisotopic (exact) mass is 438 g/mol. The first kappa shape index (κ1) is 20.7. The standard InChI is InChI=1S/C23H22N2O5S/c1-16-12-13-20(29-2)18(14-16)24-23(26)22-15-25(19-10-6-7-11-21(19)30-22)31(27,28)17-8-4-3-5-9-17/h3-14,22H,15H2,1-2H3,(H,24,26). The van der Waals surface area contributed by atoms with Crippen molar-refractivity contribution in [1.82, 2.24) is 0 Å². The molecule has 0 aromatic heterocycles. The molecule has 1 aliphatic heterocycles. The molecule has 0 radical (unpaired) electrons. The molecule has 160 valence electrons. The van der Waals surface area contributed by atoms with Crippen LogP contribution in [0.1, 0.15) is 5.56 Å². The first-order valence-corrected chi connectivity index (χ1v) is 11.1. The molecule has 1 N–H and O–H groups in total. The molecule has 0 bridgehead atoms.